The summed E-state index contributed by atoms with van der Waals surface area (Å²) in [6.07, 6.45) is 39.9. The van der Waals surface area contributed by atoms with Gasteiger partial charge in [-0.2, -0.15) is 0 Å². The van der Waals surface area contributed by atoms with Gasteiger partial charge in [-0.15, -0.1) is 0 Å². The van der Waals surface area contributed by atoms with Crippen LogP contribution in [0.5, 0.6) is 0 Å². The van der Waals surface area contributed by atoms with Crippen molar-refractivity contribution < 1.29 is 64.1 Å². The summed E-state index contributed by atoms with van der Waals surface area (Å²) in [6.45, 7) is 7.84. The van der Waals surface area contributed by atoms with Crippen LogP contribution in [0.3, 0.4) is 0 Å². The molecule has 0 spiro atoms. The third-order valence-corrected chi connectivity index (χ3v) is 15.1. The van der Waals surface area contributed by atoms with Crippen molar-refractivity contribution in [2.24, 2.45) is 0 Å². The van der Waals surface area contributed by atoms with E-state index >= 15 is 0 Å². The van der Waals surface area contributed by atoms with E-state index in [0.29, 0.717) is 0 Å². The van der Waals surface area contributed by atoms with Crippen molar-refractivity contribution >= 4 is 81.9 Å². The van der Waals surface area contributed by atoms with Crippen LogP contribution < -0.4 is 0 Å². The van der Waals surface area contributed by atoms with Crippen molar-refractivity contribution in [2.45, 2.75) is 257 Å². The largest absolute Gasteiger partial charge is 2.00 e. The number of hydrogen-bond donors (Lipinski definition) is 0. The molecule has 0 radical (unpaired) electrons. The van der Waals surface area contributed by atoms with E-state index < -0.39 is 55.0 Å². The maximum atomic E-state index is 12.5. The average molecular weight is 1120 g/mol. The topological polar surface area (TPSA) is 220 Å². The van der Waals surface area contributed by atoms with E-state index in [1.807, 2.05) is 0 Å². The Bertz CT molecular complexity index is 1880. The van der Waals surface area contributed by atoms with Crippen molar-refractivity contribution in [1.82, 2.24) is 0 Å². The number of benzene rings is 2. The molecule has 14 nitrogen and oxygen atoms in total. The van der Waals surface area contributed by atoms with Crippen molar-refractivity contribution in [3.8, 4) is 0 Å². The average Bonchev–Trinajstić information content (AvgIpc) is 3.38. The van der Waals surface area contributed by atoms with Gasteiger partial charge in [0.1, 0.15) is 20.2 Å². The van der Waals surface area contributed by atoms with E-state index in [-0.39, 0.29) is 86.0 Å². The second kappa shape index (κ2) is 46.3. The van der Waals surface area contributed by atoms with E-state index in [1.54, 1.807) is 12.1 Å². The fraction of sp³-hybridized carbons (Fsp3) is 0.724. The first-order valence-corrected chi connectivity index (χ1v) is 31.4. The van der Waals surface area contributed by atoms with Gasteiger partial charge in [0.2, 0.25) is 0 Å². The van der Waals surface area contributed by atoms with Gasteiger partial charge in [0.05, 0.1) is 35.5 Å². The fourth-order valence-electron chi connectivity index (χ4n) is 8.52. The van der Waals surface area contributed by atoms with Crippen LogP contribution in [0.15, 0.2) is 48.5 Å². The molecule has 0 saturated heterocycles. The van der Waals surface area contributed by atoms with Gasteiger partial charge < -0.3 is 28.1 Å². The minimum Gasteiger partial charge on any atom is -0.745 e. The van der Waals surface area contributed by atoms with Gasteiger partial charge in [-0.3, -0.25) is 0 Å². The van der Waals surface area contributed by atoms with Crippen molar-refractivity contribution in [1.29, 1.82) is 0 Å². The monoisotopic (exact) mass is 1120 g/mol. The minimum absolute atomic E-state index is 0. The van der Waals surface area contributed by atoms with Gasteiger partial charge >= 0.3 is 61.6 Å². The van der Waals surface area contributed by atoms with Crippen LogP contribution >= 0.6 is 0 Å². The van der Waals surface area contributed by atoms with Crippen LogP contribution in [0, 0.1) is 0 Å². The second-order valence-corrected chi connectivity index (χ2v) is 22.5. The van der Waals surface area contributed by atoms with E-state index in [0.717, 1.165) is 38.5 Å². The summed E-state index contributed by atoms with van der Waals surface area (Å²) in [4.78, 5) is 49.7. The van der Waals surface area contributed by atoms with Crippen LogP contribution in [-0.2, 0) is 39.2 Å². The van der Waals surface area contributed by atoms with E-state index in [4.69, 9.17) is 18.9 Å². The molecule has 0 heterocycles. The third kappa shape index (κ3) is 36.2. The Hall–Kier alpha value is -2.60. The molecule has 2 atom stereocenters. The molecule has 0 aromatic heterocycles. The molecule has 2 aromatic rings. The molecule has 75 heavy (non-hydrogen) atoms. The van der Waals surface area contributed by atoms with Gasteiger partial charge in [-0.05, 0) is 49.9 Å². The second-order valence-electron chi connectivity index (χ2n) is 19.4. The number of carbonyl (C=O) groups is 4. The van der Waals surface area contributed by atoms with Crippen molar-refractivity contribution in [2.75, 3.05) is 13.2 Å². The normalized spacial score (nSPS) is 12.1. The summed E-state index contributed by atoms with van der Waals surface area (Å²) in [6, 6.07) is 11.7. The van der Waals surface area contributed by atoms with Gasteiger partial charge in [0.15, 0.2) is 10.9 Å². The van der Waals surface area contributed by atoms with E-state index in [1.165, 1.54) is 217 Å². The zero-order valence-corrected chi connectivity index (χ0v) is 50.3. The van der Waals surface area contributed by atoms with Crippen molar-refractivity contribution in [3.05, 3.63) is 70.8 Å². The Labute approximate surface area is 483 Å². The predicted molar refractivity (Wildman–Crippen MR) is 297 cm³/mol. The molecule has 2 aromatic carbocycles. The first-order valence-electron chi connectivity index (χ1n) is 28.5. The Kier molecular flexibility index (Phi) is 44.7. The molecule has 0 bridgehead atoms. The standard InChI is InChI=1S/2C29H48O7S.Ca/c2*1-3-5-6-7-8-9-10-11-12-13-14-15-16-17-18-21-24-35-28(30)25-22-19-20-23-26(25)29(31)36-27(4-2)37(32,33)34;/h2*19-20,22-23,27H,3-18,21,24H2,1-2H3,(H,32,33,34);/q;;+2/p-2. The summed E-state index contributed by atoms with van der Waals surface area (Å²) < 4.78 is 87.5. The Morgan fingerprint density at radius 3 is 0.760 bits per heavy atom. The number of hydrogen-bond acceptors (Lipinski definition) is 14. The quantitative estimate of drug-likeness (QED) is 0.0198. The van der Waals surface area contributed by atoms with Gasteiger partial charge in [0.25, 0.3) is 0 Å². The molecule has 0 N–H and O–H groups in total. The van der Waals surface area contributed by atoms with Gasteiger partial charge in [-0.1, -0.05) is 245 Å². The molecule has 0 aliphatic carbocycles. The fourth-order valence-corrected chi connectivity index (χ4v) is 9.75. The number of esters is 4. The van der Waals surface area contributed by atoms with Crippen LogP contribution in [-0.4, -0.2) is 112 Å². The molecule has 0 saturated carbocycles. The first kappa shape index (κ1) is 72.4. The first-order chi connectivity index (χ1) is 35.6. The molecular formula is C58H94CaO14S2. The molecule has 0 fully saturated rings. The summed E-state index contributed by atoms with van der Waals surface area (Å²) in [5.41, 5.74) is -3.87. The number of carbonyl (C=O) groups excluding carboxylic acids is 4. The third-order valence-electron chi connectivity index (χ3n) is 13.0. The Morgan fingerprint density at radius 1 is 0.360 bits per heavy atom. The van der Waals surface area contributed by atoms with Gasteiger partial charge in [0, 0.05) is 0 Å². The van der Waals surface area contributed by atoms with Crippen LogP contribution in [0.2, 0.25) is 0 Å². The number of rotatable bonds is 44. The molecule has 2 rings (SSSR count). The van der Waals surface area contributed by atoms with Crippen LogP contribution in [0.1, 0.15) is 287 Å². The molecular weight excluding hydrogens is 1020 g/mol. The summed E-state index contributed by atoms with van der Waals surface area (Å²) in [5.74, 6) is -3.43. The molecule has 0 aliphatic heterocycles. The maximum Gasteiger partial charge on any atom is 2.00 e. The molecule has 424 valence electrons. The zero-order chi connectivity index (χ0) is 54.7. The maximum absolute atomic E-state index is 12.5. The molecule has 2 unspecified atom stereocenters. The minimum atomic E-state index is -4.80. The Balaban J connectivity index is 0.00000144. The van der Waals surface area contributed by atoms with E-state index in [9.17, 15) is 45.1 Å². The molecule has 17 heteroatoms. The van der Waals surface area contributed by atoms with Gasteiger partial charge in [-0.25, -0.2) is 36.0 Å². The smallest absolute Gasteiger partial charge is 0.745 e. The summed E-state index contributed by atoms with van der Waals surface area (Å²) >= 11 is 0. The summed E-state index contributed by atoms with van der Waals surface area (Å²) in [7, 11) is -9.60. The van der Waals surface area contributed by atoms with Crippen LogP contribution in [0.25, 0.3) is 0 Å². The Morgan fingerprint density at radius 2 is 0.560 bits per heavy atom. The zero-order valence-electron chi connectivity index (χ0n) is 46.5. The molecule has 0 amide bonds. The van der Waals surface area contributed by atoms with Crippen molar-refractivity contribution in [3.63, 3.8) is 0 Å². The summed E-state index contributed by atoms with van der Waals surface area (Å²) in [5, 5.41) is 0. The number of unbranched alkanes of at least 4 members (excludes halogenated alkanes) is 30. The molecule has 0 aliphatic rings. The van der Waals surface area contributed by atoms with Crippen LogP contribution in [0.4, 0.5) is 0 Å². The predicted octanol–water partition coefficient (Wildman–Crippen LogP) is 14.7. The van der Waals surface area contributed by atoms with E-state index in [2.05, 4.69) is 13.8 Å². The SMILES string of the molecule is CCCCCCCCCCCCCCCCCCOC(=O)c1ccccc1C(=O)OC(CC)S(=O)(=O)[O-].CCCCCCCCCCCCCCCCCCOC(=O)c1ccccc1C(=O)OC(CC)S(=O)(=O)[O-].[Ca+2]. The number of ether oxygens (including phenoxy) is 4.